The maximum absolute atomic E-state index is 12.5. The lowest BCUT2D eigenvalue weighted by Gasteiger charge is -2.12. The van der Waals surface area contributed by atoms with Crippen molar-refractivity contribution in [2.45, 2.75) is 6.92 Å². The highest BCUT2D eigenvalue weighted by Gasteiger charge is 2.15. The molecule has 1 aromatic heterocycles. The molecule has 0 saturated carbocycles. The minimum atomic E-state index is -0.460. The maximum Gasteiger partial charge on any atom is 0.336 e. The predicted molar refractivity (Wildman–Crippen MR) is 122 cm³/mol. The number of Topliss-reactive ketones (excluding diaryl/α,β-unsaturated/α-hetero) is 1. The van der Waals surface area contributed by atoms with Crippen molar-refractivity contribution in [3.05, 3.63) is 88.3 Å². The molecule has 3 aromatic carbocycles. The standard InChI is InChI=1S/C26H22O6/c1-16-24(31-15-23(27)18-6-10-20(30-3)11-7-18)13-12-21-22(14-25(28)32-26(16)21)17-4-8-19(29-2)9-5-17/h4-14H,15H2,1-3H3. The molecule has 0 saturated heterocycles. The van der Waals surface area contributed by atoms with Gasteiger partial charge in [-0.25, -0.2) is 4.79 Å². The van der Waals surface area contributed by atoms with Crippen LogP contribution in [0.15, 0.2) is 75.9 Å². The number of ether oxygens (including phenoxy) is 3. The van der Waals surface area contributed by atoms with Gasteiger partial charge in [0.05, 0.1) is 14.2 Å². The highest BCUT2D eigenvalue weighted by Crippen LogP contribution is 2.33. The van der Waals surface area contributed by atoms with Crippen molar-refractivity contribution in [3.8, 4) is 28.4 Å². The number of hydrogen-bond donors (Lipinski definition) is 0. The van der Waals surface area contributed by atoms with Crippen molar-refractivity contribution >= 4 is 16.8 Å². The van der Waals surface area contributed by atoms with Crippen molar-refractivity contribution in [2.24, 2.45) is 0 Å². The van der Waals surface area contributed by atoms with E-state index in [0.717, 1.165) is 22.3 Å². The van der Waals surface area contributed by atoms with E-state index >= 15 is 0 Å². The molecule has 1 heterocycles. The first kappa shape index (κ1) is 21.2. The Morgan fingerprint density at radius 1 is 0.875 bits per heavy atom. The third kappa shape index (κ3) is 4.21. The number of carbonyl (C=O) groups excluding carboxylic acids is 1. The Labute approximate surface area is 185 Å². The van der Waals surface area contributed by atoms with Crippen LogP contribution in [-0.4, -0.2) is 26.6 Å². The molecular formula is C26H22O6. The van der Waals surface area contributed by atoms with Crippen LogP contribution in [0.5, 0.6) is 17.2 Å². The molecule has 32 heavy (non-hydrogen) atoms. The van der Waals surface area contributed by atoms with E-state index in [9.17, 15) is 9.59 Å². The van der Waals surface area contributed by atoms with Gasteiger partial charge >= 0.3 is 5.63 Å². The normalized spacial score (nSPS) is 10.7. The summed E-state index contributed by atoms with van der Waals surface area (Å²) in [5, 5.41) is 0.779. The van der Waals surface area contributed by atoms with Crippen molar-refractivity contribution in [1.29, 1.82) is 0 Å². The third-order valence-electron chi connectivity index (χ3n) is 5.28. The zero-order valence-electron chi connectivity index (χ0n) is 18.0. The minimum absolute atomic E-state index is 0.138. The number of rotatable bonds is 7. The van der Waals surface area contributed by atoms with Crippen LogP contribution in [0.3, 0.4) is 0 Å². The fraction of sp³-hybridized carbons (Fsp3) is 0.154. The molecule has 6 nitrogen and oxygen atoms in total. The van der Waals surface area contributed by atoms with Gasteiger partial charge in [0.1, 0.15) is 22.8 Å². The van der Waals surface area contributed by atoms with E-state index in [1.54, 1.807) is 51.5 Å². The first-order valence-electron chi connectivity index (χ1n) is 10.0. The molecule has 6 heteroatoms. The second kappa shape index (κ2) is 8.98. The van der Waals surface area contributed by atoms with Crippen molar-refractivity contribution in [2.75, 3.05) is 20.8 Å². The smallest absolute Gasteiger partial charge is 0.336 e. The van der Waals surface area contributed by atoms with Crippen molar-refractivity contribution in [3.63, 3.8) is 0 Å². The zero-order valence-corrected chi connectivity index (χ0v) is 18.0. The highest BCUT2D eigenvalue weighted by atomic mass is 16.5. The van der Waals surface area contributed by atoms with Crippen molar-refractivity contribution < 1.29 is 23.4 Å². The zero-order chi connectivity index (χ0) is 22.7. The molecule has 0 aliphatic heterocycles. The van der Waals surface area contributed by atoms with E-state index in [2.05, 4.69) is 0 Å². The molecule has 0 aliphatic rings. The molecule has 0 radical (unpaired) electrons. The fourth-order valence-electron chi connectivity index (χ4n) is 3.51. The number of aryl methyl sites for hydroxylation is 1. The summed E-state index contributed by atoms with van der Waals surface area (Å²) in [6.45, 7) is 1.66. The summed E-state index contributed by atoms with van der Waals surface area (Å²) in [7, 11) is 3.17. The molecular weight excluding hydrogens is 408 g/mol. The first-order chi connectivity index (χ1) is 15.5. The van der Waals surface area contributed by atoms with Crippen LogP contribution in [0.25, 0.3) is 22.1 Å². The predicted octanol–water partition coefficient (Wildman–Crippen LogP) is 5.05. The van der Waals surface area contributed by atoms with E-state index < -0.39 is 5.63 Å². The average molecular weight is 430 g/mol. The minimum Gasteiger partial charge on any atom is -0.497 e. The number of carbonyl (C=O) groups is 1. The quantitative estimate of drug-likeness (QED) is 0.302. The summed E-state index contributed by atoms with van der Waals surface area (Å²) in [5.41, 5.74) is 2.76. The Morgan fingerprint density at radius 3 is 2.12 bits per heavy atom. The number of ketones is 1. The van der Waals surface area contributed by atoms with Gasteiger partial charge in [0, 0.05) is 22.6 Å². The van der Waals surface area contributed by atoms with Gasteiger partial charge in [-0.05, 0) is 66.6 Å². The fourth-order valence-corrected chi connectivity index (χ4v) is 3.51. The molecule has 4 rings (SSSR count). The summed E-state index contributed by atoms with van der Waals surface area (Å²) >= 11 is 0. The molecule has 0 atom stereocenters. The largest absolute Gasteiger partial charge is 0.497 e. The van der Waals surface area contributed by atoms with E-state index in [1.165, 1.54) is 6.07 Å². The second-order valence-corrected chi connectivity index (χ2v) is 7.21. The van der Waals surface area contributed by atoms with Gasteiger partial charge in [-0.3, -0.25) is 4.79 Å². The van der Waals surface area contributed by atoms with Gasteiger partial charge in [-0.2, -0.15) is 0 Å². The van der Waals surface area contributed by atoms with Crippen LogP contribution >= 0.6 is 0 Å². The molecule has 0 aliphatic carbocycles. The van der Waals surface area contributed by atoms with Crippen LogP contribution in [0.2, 0.25) is 0 Å². The Hall–Kier alpha value is -4.06. The van der Waals surface area contributed by atoms with Gasteiger partial charge in [-0.15, -0.1) is 0 Å². The summed E-state index contributed by atoms with van der Waals surface area (Å²) in [4.78, 5) is 24.8. The number of hydrogen-bond acceptors (Lipinski definition) is 6. The van der Waals surface area contributed by atoms with Crippen molar-refractivity contribution in [1.82, 2.24) is 0 Å². The van der Waals surface area contributed by atoms with Gasteiger partial charge in [0.25, 0.3) is 0 Å². The Kier molecular flexibility index (Phi) is 5.94. The molecule has 0 amide bonds. The summed E-state index contributed by atoms with van der Waals surface area (Å²) in [5.74, 6) is 1.72. The van der Waals surface area contributed by atoms with E-state index in [4.69, 9.17) is 18.6 Å². The first-order valence-corrected chi connectivity index (χ1v) is 10.0. The Balaban J connectivity index is 1.63. The summed E-state index contributed by atoms with van der Waals surface area (Å²) in [6.07, 6.45) is 0. The molecule has 0 N–H and O–H groups in total. The average Bonchev–Trinajstić information content (AvgIpc) is 2.83. The monoisotopic (exact) mass is 430 g/mol. The van der Waals surface area contributed by atoms with Gasteiger partial charge in [0.2, 0.25) is 0 Å². The van der Waals surface area contributed by atoms with E-state index in [1.807, 2.05) is 30.3 Å². The molecule has 0 fully saturated rings. The molecule has 4 aromatic rings. The lowest BCUT2D eigenvalue weighted by atomic mass is 10.00. The van der Waals surface area contributed by atoms with Crippen LogP contribution in [-0.2, 0) is 0 Å². The SMILES string of the molecule is COc1ccc(C(=O)COc2ccc3c(-c4ccc(OC)cc4)cc(=O)oc3c2C)cc1. The van der Waals surface area contributed by atoms with Gasteiger partial charge in [-0.1, -0.05) is 12.1 Å². The van der Waals surface area contributed by atoms with E-state index in [-0.39, 0.29) is 12.4 Å². The summed E-state index contributed by atoms with van der Waals surface area (Å²) < 4.78 is 21.6. The lowest BCUT2D eigenvalue weighted by Crippen LogP contribution is -2.12. The van der Waals surface area contributed by atoms with Gasteiger partial charge in [0.15, 0.2) is 12.4 Å². The van der Waals surface area contributed by atoms with Crippen LogP contribution in [0.1, 0.15) is 15.9 Å². The van der Waals surface area contributed by atoms with Crippen LogP contribution in [0, 0.1) is 6.92 Å². The highest BCUT2D eigenvalue weighted by molar-refractivity contribution is 5.98. The molecule has 0 bridgehead atoms. The topological polar surface area (TPSA) is 75.0 Å². The van der Waals surface area contributed by atoms with Gasteiger partial charge < -0.3 is 18.6 Å². The number of fused-ring (bicyclic) bond motifs is 1. The van der Waals surface area contributed by atoms with Crippen LogP contribution in [0.4, 0.5) is 0 Å². The molecule has 0 spiro atoms. The Morgan fingerprint density at radius 2 is 1.50 bits per heavy atom. The number of benzene rings is 3. The maximum atomic E-state index is 12.5. The number of methoxy groups -OCH3 is 2. The lowest BCUT2D eigenvalue weighted by molar-refractivity contribution is 0.0921. The van der Waals surface area contributed by atoms with Crippen LogP contribution < -0.4 is 19.8 Å². The van der Waals surface area contributed by atoms with E-state index in [0.29, 0.717) is 28.2 Å². The molecule has 0 unspecified atom stereocenters. The Bertz CT molecular complexity index is 1320. The summed E-state index contributed by atoms with van der Waals surface area (Å²) in [6, 6.07) is 19.4. The second-order valence-electron chi connectivity index (χ2n) is 7.21. The third-order valence-corrected chi connectivity index (χ3v) is 5.28. The molecule has 162 valence electrons.